The van der Waals surface area contributed by atoms with Crippen LogP contribution in [-0.2, 0) is 6.54 Å². The van der Waals surface area contributed by atoms with Crippen LogP contribution in [0.3, 0.4) is 0 Å². The van der Waals surface area contributed by atoms with E-state index < -0.39 is 0 Å². The Morgan fingerprint density at radius 3 is 2.67 bits per heavy atom. The number of nitrogens with one attached hydrogen (secondary N) is 1. The molecule has 0 bridgehead atoms. The highest BCUT2D eigenvalue weighted by Gasteiger charge is 2.22. The number of rotatable bonds is 5. The number of amides is 1. The topological polar surface area (TPSA) is 85.8 Å². The maximum absolute atomic E-state index is 13.3. The lowest BCUT2D eigenvalue weighted by atomic mass is 9.99. The van der Waals surface area contributed by atoms with Crippen molar-refractivity contribution in [1.82, 2.24) is 25.2 Å². The van der Waals surface area contributed by atoms with E-state index in [0.717, 1.165) is 17.7 Å². The molecule has 0 spiro atoms. The summed E-state index contributed by atoms with van der Waals surface area (Å²) in [6, 6.07) is 9.73. The molecule has 3 heterocycles. The minimum absolute atomic E-state index is 0.149. The lowest BCUT2D eigenvalue weighted by molar-refractivity contribution is 0.0941. The fraction of sp³-hybridized carbons (Fsp3) is 0.304. The zero-order valence-electron chi connectivity index (χ0n) is 17.9. The van der Waals surface area contributed by atoms with Crippen LogP contribution in [0.5, 0.6) is 0 Å². The largest absolute Gasteiger partial charge is 0.345 e. The van der Waals surface area contributed by atoms with Crippen molar-refractivity contribution in [2.75, 3.05) is 0 Å². The second kappa shape index (κ2) is 7.74. The van der Waals surface area contributed by atoms with Gasteiger partial charge in [0.15, 0.2) is 0 Å². The normalized spacial score (nSPS) is 12.3. The highest BCUT2D eigenvalue weighted by atomic mass is 16.5. The summed E-state index contributed by atoms with van der Waals surface area (Å²) in [6.07, 6.45) is 1.88. The third-order valence-electron chi connectivity index (χ3n) is 5.33. The van der Waals surface area contributed by atoms with Crippen LogP contribution >= 0.6 is 0 Å². The number of carbonyl (C=O) groups is 1. The van der Waals surface area contributed by atoms with E-state index in [-0.39, 0.29) is 11.9 Å². The van der Waals surface area contributed by atoms with Gasteiger partial charge in [-0.3, -0.25) is 9.48 Å². The highest BCUT2D eigenvalue weighted by molar-refractivity contribution is 6.07. The number of hydrogen-bond acceptors (Lipinski definition) is 5. The molecule has 1 aromatic carbocycles. The molecule has 1 unspecified atom stereocenters. The molecule has 4 aromatic rings. The molecule has 7 nitrogen and oxygen atoms in total. The van der Waals surface area contributed by atoms with E-state index >= 15 is 0 Å². The predicted molar refractivity (Wildman–Crippen MR) is 115 cm³/mol. The van der Waals surface area contributed by atoms with Gasteiger partial charge in [0.1, 0.15) is 5.69 Å². The Morgan fingerprint density at radius 2 is 1.97 bits per heavy atom. The Labute approximate surface area is 175 Å². The van der Waals surface area contributed by atoms with Crippen molar-refractivity contribution in [3.05, 3.63) is 64.5 Å². The fourth-order valence-electron chi connectivity index (χ4n) is 3.74. The summed E-state index contributed by atoms with van der Waals surface area (Å²) < 4.78 is 7.20. The number of fused-ring (bicyclic) bond motifs is 1. The third kappa shape index (κ3) is 3.58. The van der Waals surface area contributed by atoms with Crippen molar-refractivity contribution in [3.8, 4) is 11.4 Å². The molecule has 7 heteroatoms. The zero-order chi connectivity index (χ0) is 21.4. The molecule has 1 amide bonds. The van der Waals surface area contributed by atoms with Crippen LogP contribution in [0, 0.1) is 20.8 Å². The van der Waals surface area contributed by atoms with Crippen LogP contribution in [0.1, 0.15) is 52.6 Å². The van der Waals surface area contributed by atoms with Gasteiger partial charge in [-0.1, -0.05) is 28.9 Å². The molecule has 0 aliphatic rings. The third-order valence-corrected chi connectivity index (χ3v) is 5.33. The molecule has 154 valence electrons. The molecule has 0 radical (unpaired) electrons. The first-order valence-corrected chi connectivity index (χ1v) is 10.1. The standard InChI is InChI=1S/C23H25N5O2/c1-6-28-10-9-19(26-28)20-12-18(21-16(5)27-30-23(21)25-20)22(29)24-15(4)17-8-7-13(2)11-14(17)3/h7-12,15H,6H2,1-5H3,(H,24,29). The summed E-state index contributed by atoms with van der Waals surface area (Å²) in [7, 11) is 0. The van der Waals surface area contributed by atoms with Crippen molar-refractivity contribution in [2.45, 2.75) is 47.2 Å². The van der Waals surface area contributed by atoms with Gasteiger partial charge in [-0.15, -0.1) is 0 Å². The van der Waals surface area contributed by atoms with Crippen LogP contribution in [-0.4, -0.2) is 25.8 Å². The van der Waals surface area contributed by atoms with Crippen LogP contribution in [0.2, 0.25) is 0 Å². The molecule has 1 N–H and O–H groups in total. The Hall–Kier alpha value is -3.48. The number of benzene rings is 1. The molecule has 0 aliphatic heterocycles. The van der Waals surface area contributed by atoms with E-state index in [1.807, 2.05) is 37.7 Å². The number of carbonyl (C=O) groups excluding carboxylic acids is 1. The van der Waals surface area contributed by atoms with Crippen molar-refractivity contribution in [1.29, 1.82) is 0 Å². The molecule has 3 aromatic heterocycles. The Balaban J connectivity index is 1.73. The van der Waals surface area contributed by atoms with Gasteiger partial charge in [0.25, 0.3) is 11.6 Å². The maximum Gasteiger partial charge on any atom is 0.259 e. The summed E-state index contributed by atoms with van der Waals surface area (Å²) in [6.45, 7) is 10.7. The van der Waals surface area contributed by atoms with E-state index in [4.69, 9.17) is 4.52 Å². The van der Waals surface area contributed by atoms with Crippen LogP contribution in [0.15, 0.2) is 41.1 Å². The lowest BCUT2D eigenvalue weighted by Gasteiger charge is -2.17. The van der Waals surface area contributed by atoms with Gasteiger partial charge in [0.2, 0.25) is 0 Å². The van der Waals surface area contributed by atoms with Crippen molar-refractivity contribution in [2.24, 2.45) is 0 Å². The first-order valence-electron chi connectivity index (χ1n) is 10.1. The van der Waals surface area contributed by atoms with Gasteiger partial charge in [0.05, 0.1) is 28.4 Å². The summed E-state index contributed by atoms with van der Waals surface area (Å²) in [5, 5.41) is 12.3. The van der Waals surface area contributed by atoms with E-state index in [9.17, 15) is 4.79 Å². The molecule has 0 aliphatic carbocycles. The van der Waals surface area contributed by atoms with Crippen molar-refractivity contribution < 1.29 is 9.32 Å². The zero-order valence-corrected chi connectivity index (χ0v) is 17.9. The van der Waals surface area contributed by atoms with Gasteiger partial charge in [-0.2, -0.15) is 5.10 Å². The second-order valence-electron chi connectivity index (χ2n) is 7.62. The first kappa shape index (κ1) is 19.8. The summed E-state index contributed by atoms with van der Waals surface area (Å²) in [4.78, 5) is 17.8. The highest BCUT2D eigenvalue weighted by Crippen LogP contribution is 2.27. The van der Waals surface area contributed by atoms with Crippen LogP contribution in [0.4, 0.5) is 0 Å². The molecule has 1 atom stereocenters. The van der Waals surface area contributed by atoms with Crippen LogP contribution in [0.25, 0.3) is 22.5 Å². The van der Waals surface area contributed by atoms with E-state index in [1.165, 1.54) is 5.56 Å². The number of nitrogens with zero attached hydrogens (tertiary/aromatic N) is 4. The number of aryl methyl sites for hydroxylation is 4. The van der Waals surface area contributed by atoms with Crippen molar-refractivity contribution >= 4 is 17.0 Å². The molecule has 0 saturated carbocycles. The smallest absolute Gasteiger partial charge is 0.259 e. The SMILES string of the molecule is CCn1ccc(-c2cc(C(=O)NC(C)c3ccc(C)cc3C)c3c(C)noc3n2)n1. The maximum atomic E-state index is 13.3. The molecular weight excluding hydrogens is 378 g/mol. The number of aromatic nitrogens is 4. The number of pyridine rings is 1. The Bertz CT molecular complexity index is 1240. The Kier molecular flexibility index (Phi) is 5.11. The predicted octanol–water partition coefficient (Wildman–Crippen LogP) is 4.52. The van der Waals surface area contributed by atoms with Crippen molar-refractivity contribution in [3.63, 3.8) is 0 Å². The van der Waals surface area contributed by atoms with Gasteiger partial charge in [-0.05, 0) is 57.9 Å². The van der Waals surface area contributed by atoms with Crippen LogP contribution < -0.4 is 5.32 Å². The average molecular weight is 403 g/mol. The molecule has 4 rings (SSSR count). The van der Waals surface area contributed by atoms with Gasteiger partial charge in [0, 0.05) is 12.7 Å². The summed E-state index contributed by atoms with van der Waals surface area (Å²) >= 11 is 0. The average Bonchev–Trinajstić information content (AvgIpc) is 3.34. The first-order chi connectivity index (χ1) is 14.4. The minimum atomic E-state index is -0.197. The van der Waals surface area contributed by atoms with E-state index in [2.05, 4.69) is 52.6 Å². The van der Waals surface area contributed by atoms with E-state index in [0.29, 0.717) is 33.7 Å². The van der Waals surface area contributed by atoms with Gasteiger partial charge in [-0.25, -0.2) is 4.98 Å². The molecule has 0 saturated heterocycles. The fourth-order valence-corrected chi connectivity index (χ4v) is 3.74. The lowest BCUT2D eigenvalue weighted by Crippen LogP contribution is -2.27. The summed E-state index contributed by atoms with van der Waals surface area (Å²) in [5.74, 6) is -0.197. The quantitative estimate of drug-likeness (QED) is 0.529. The van der Waals surface area contributed by atoms with Gasteiger partial charge >= 0.3 is 0 Å². The number of hydrogen-bond donors (Lipinski definition) is 1. The molecule has 30 heavy (non-hydrogen) atoms. The Morgan fingerprint density at radius 1 is 1.17 bits per heavy atom. The minimum Gasteiger partial charge on any atom is -0.345 e. The van der Waals surface area contributed by atoms with E-state index in [1.54, 1.807) is 6.07 Å². The molecule has 0 fully saturated rings. The molecular formula is C23H25N5O2. The monoisotopic (exact) mass is 403 g/mol. The second-order valence-corrected chi connectivity index (χ2v) is 7.62. The summed E-state index contributed by atoms with van der Waals surface area (Å²) in [5.41, 5.74) is 6.14. The van der Waals surface area contributed by atoms with Gasteiger partial charge < -0.3 is 9.84 Å².